The molecule has 1 unspecified atom stereocenters. The molecule has 7 heteroatoms. The largest absolute Gasteiger partial charge is 0.349 e. The maximum atomic E-state index is 12.8. The predicted molar refractivity (Wildman–Crippen MR) is 105 cm³/mol. The minimum Gasteiger partial charge on any atom is -0.349 e. The van der Waals surface area contributed by atoms with Crippen molar-refractivity contribution in [1.29, 1.82) is 10.5 Å². The van der Waals surface area contributed by atoms with Crippen molar-refractivity contribution in [3.8, 4) is 12.1 Å². The number of aromatic nitrogens is 1. The number of rotatable bonds is 3. The Morgan fingerprint density at radius 1 is 1.31 bits per heavy atom. The van der Waals surface area contributed by atoms with Crippen LogP contribution in [0.2, 0.25) is 0 Å². The van der Waals surface area contributed by atoms with Crippen LogP contribution < -0.4 is 4.87 Å². The highest BCUT2D eigenvalue weighted by Gasteiger charge is 2.58. The minimum atomic E-state index is -0.985. The predicted octanol–water partition coefficient (Wildman–Crippen LogP) is 4.36. The molecule has 0 bridgehead atoms. The molecule has 1 aromatic carbocycles. The Morgan fingerprint density at radius 3 is 2.65 bits per heavy atom. The van der Waals surface area contributed by atoms with E-state index in [1.165, 1.54) is 29.2 Å². The van der Waals surface area contributed by atoms with Crippen molar-refractivity contribution in [1.82, 2.24) is 4.57 Å². The lowest BCUT2D eigenvalue weighted by molar-refractivity contribution is -0.0991. The molecular weight excluding hydrogens is 366 g/mol. The summed E-state index contributed by atoms with van der Waals surface area (Å²) in [6, 6.07) is 11.9. The molecule has 1 aromatic heterocycles. The van der Waals surface area contributed by atoms with E-state index in [2.05, 4.69) is 12.1 Å². The summed E-state index contributed by atoms with van der Waals surface area (Å²) in [5.74, 6) is 0. The fourth-order valence-corrected chi connectivity index (χ4v) is 5.85. The lowest BCUT2D eigenvalue weighted by Crippen LogP contribution is -2.53. The first-order chi connectivity index (χ1) is 12.2. The molecule has 26 heavy (non-hydrogen) atoms. The van der Waals surface area contributed by atoms with E-state index in [4.69, 9.17) is 10.00 Å². The van der Waals surface area contributed by atoms with Gasteiger partial charge in [-0.25, -0.2) is 0 Å². The number of fused-ring (bicyclic) bond motifs is 1. The van der Waals surface area contributed by atoms with E-state index >= 15 is 0 Å². The molecule has 2 heterocycles. The van der Waals surface area contributed by atoms with Gasteiger partial charge in [0.15, 0.2) is 4.93 Å². The standard InChI is InChI=1S/C19H19N3O2S2/c1-17(2)15(9-11-20)26-19(24-17,10-12-21)18(3,4)22-13-7-5-6-8-14(13)25-16(22)23/h5-9H,10H2,1-4H3. The van der Waals surface area contributed by atoms with Crippen molar-refractivity contribution in [2.24, 2.45) is 0 Å². The summed E-state index contributed by atoms with van der Waals surface area (Å²) in [6.07, 6.45) is 1.56. The molecule has 1 atom stereocenters. The first-order valence-electron chi connectivity index (χ1n) is 8.16. The molecule has 1 aliphatic heterocycles. The lowest BCUT2D eigenvalue weighted by atomic mass is 9.92. The van der Waals surface area contributed by atoms with Gasteiger partial charge in [0.25, 0.3) is 0 Å². The third-order valence-electron chi connectivity index (χ3n) is 4.77. The van der Waals surface area contributed by atoms with Crippen LogP contribution in [0.4, 0.5) is 0 Å². The quantitative estimate of drug-likeness (QED) is 0.734. The van der Waals surface area contributed by atoms with Crippen molar-refractivity contribution in [3.63, 3.8) is 0 Å². The average molecular weight is 386 g/mol. The first-order valence-corrected chi connectivity index (χ1v) is 9.79. The smallest absolute Gasteiger partial charge is 0.308 e. The van der Waals surface area contributed by atoms with Crippen LogP contribution in [0.3, 0.4) is 0 Å². The number of thiazole rings is 1. The Bertz CT molecular complexity index is 1030. The highest BCUT2D eigenvalue weighted by molar-refractivity contribution is 8.04. The molecular formula is C19H19N3O2S2. The first kappa shape index (κ1) is 18.7. The number of benzene rings is 1. The fourth-order valence-electron chi connectivity index (χ4n) is 3.35. The second kappa shape index (κ2) is 6.28. The third-order valence-corrected chi connectivity index (χ3v) is 7.58. The SMILES string of the molecule is CC1(C)OC(CC#N)(C(C)(C)n2c(=O)sc3ccccc32)SC1=CC#N. The van der Waals surface area contributed by atoms with E-state index in [-0.39, 0.29) is 11.3 Å². The molecule has 0 saturated carbocycles. The number of ether oxygens (including phenoxy) is 1. The van der Waals surface area contributed by atoms with Crippen molar-refractivity contribution in [2.45, 2.75) is 50.2 Å². The molecule has 134 valence electrons. The van der Waals surface area contributed by atoms with Crippen LogP contribution in [0.25, 0.3) is 10.2 Å². The number of hydrogen-bond acceptors (Lipinski definition) is 6. The second-order valence-corrected chi connectivity index (χ2v) is 9.47. The second-order valence-electron chi connectivity index (χ2n) is 7.17. The molecule has 0 N–H and O–H groups in total. The van der Waals surface area contributed by atoms with Crippen LogP contribution in [-0.4, -0.2) is 15.1 Å². The molecule has 3 rings (SSSR count). The molecule has 0 radical (unpaired) electrons. The number of hydrogen-bond donors (Lipinski definition) is 0. The van der Waals surface area contributed by atoms with E-state index in [0.29, 0.717) is 0 Å². The highest BCUT2D eigenvalue weighted by Crippen LogP contribution is 2.58. The summed E-state index contributed by atoms with van der Waals surface area (Å²) >= 11 is 2.56. The summed E-state index contributed by atoms with van der Waals surface area (Å²) < 4.78 is 9.02. The van der Waals surface area contributed by atoms with Crippen LogP contribution in [0.15, 0.2) is 40.0 Å². The number of nitrogens with zero attached hydrogens (tertiary/aromatic N) is 3. The van der Waals surface area contributed by atoms with Gasteiger partial charge in [0.05, 0.1) is 39.9 Å². The minimum absolute atomic E-state index is 0.0896. The van der Waals surface area contributed by atoms with Gasteiger partial charge in [-0.1, -0.05) is 35.2 Å². The highest BCUT2D eigenvalue weighted by atomic mass is 32.2. The van der Waals surface area contributed by atoms with E-state index in [9.17, 15) is 10.1 Å². The zero-order valence-corrected chi connectivity index (χ0v) is 16.7. The average Bonchev–Trinajstić information content (AvgIpc) is 3.02. The maximum absolute atomic E-state index is 12.8. The normalized spacial score (nSPS) is 23.8. The molecule has 5 nitrogen and oxygen atoms in total. The van der Waals surface area contributed by atoms with Gasteiger partial charge in [0.2, 0.25) is 0 Å². The van der Waals surface area contributed by atoms with Gasteiger partial charge in [-0.3, -0.25) is 9.36 Å². The Kier molecular flexibility index (Phi) is 4.52. The molecule has 1 saturated heterocycles. The van der Waals surface area contributed by atoms with E-state index in [1.807, 2.05) is 52.0 Å². The van der Waals surface area contributed by atoms with E-state index in [0.717, 1.165) is 15.1 Å². The van der Waals surface area contributed by atoms with Crippen LogP contribution in [0.5, 0.6) is 0 Å². The van der Waals surface area contributed by atoms with Gasteiger partial charge >= 0.3 is 4.87 Å². The molecule has 1 aliphatic rings. The molecule has 1 fully saturated rings. The van der Waals surface area contributed by atoms with Crippen LogP contribution in [0, 0.1) is 22.7 Å². The number of thioether (sulfide) groups is 1. The van der Waals surface area contributed by atoms with E-state index in [1.54, 1.807) is 4.57 Å². The Labute approximate surface area is 160 Å². The number of allylic oxidation sites excluding steroid dienone is 1. The monoisotopic (exact) mass is 385 g/mol. The third kappa shape index (κ3) is 2.68. The van der Waals surface area contributed by atoms with Crippen molar-refractivity contribution < 1.29 is 4.74 Å². The molecule has 2 aromatic rings. The number of para-hydroxylation sites is 1. The summed E-state index contributed by atoms with van der Waals surface area (Å²) in [7, 11) is 0. The van der Waals surface area contributed by atoms with Gasteiger partial charge in [0, 0.05) is 11.0 Å². The summed E-state index contributed by atoms with van der Waals surface area (Å²) in [4.78, 5) is 12.5. The van der Waals surface area contributed by atoms with Crippen LogP contribution >= 0.6 is 23.1 Å². The zero-order valence-electron chi connectivity index (χ0n) is 15.1. The summed E-state index contributed by atoms with van der Waals surface area (Å²) in [6.45, 7) is 7.60. The molecule has 0 amide bonds. The number of nitriles is 2. The van der Waals surface area contributed by atoms with Gasteiger partial charge in [0.1, 0.15) is 0 Å². The van der Waals surface area contributed by atoms with Crippen molar-refractivity contribution in [3.05, 3.63) is 44.9 Å². The van der Waals surface area contributed by atoms with Crippen molar-refractivity contribution in [2.75, 3.05) is 0 Å². The van der Waals surface area contributed by atoms with Crippen LogP contribution in [0.1, 0.15) is 34.1 Å². The molecule has 0 spiro atoms. The topological polar surface area (TPSA) is 78.8 Å². The van der Waals surface area contributed by atoms with Gasteiger partial charge < -0.3 is 4.74 Å². The lowest BCUT2D eigenvalue weighted by Gasteiger charge is -2.42. The Morgan fingerprint density at radius 2 is 2.00 bits per heavy atom. The van der Waals surface area contributed by atoms with Crippen LogP contribution in [-0.2, 0) is 10.3 Å². The molecule has 0 aliphatic carbocycles. The van der Waals surface area contributed by atoms with Gasteiger partial charge in [-0.05, 0) is 39.8 Å². The van der Waals surface area contributed by atoms with E-state index < -0.39 is 16.1 Å². The Hall–Kier alpha value is -2.06. The Balaban J connectivity index is 2.24. The van der Waals surface area contributed by atoms with Crippen molar-refractivity contribution >= 4 is 33.3 Å². The van der Waals surface area contributed by atoms with Gasteiger partial charge in [-0.2, -0.15) is 10.5 Å². The maximum Gasteiger partial charge on any atom is 0.308 e. The van der Waals surface area contributed by atoms with Gasteiger partial charge in [-0.15, -0.1) is 0 Å². The fraction of sp³-hybridized carbons (Fsp3) is 0.421. The summed E-state index contributed by atoms with van der Waals surface area (Å²) in [5.41, 5.74) is -0.694. The summed E-state index contributed by atoms with van der Waals surface area (Å²) in [5, 5.41) is 18.6. The zero-order chi connectivity index (χ0) is 19.2.